The van der Waals surface area contributed by atoms with Gasteiger partial charge in [-0.15, -0.1) is 0 Å². The van der Waals surface area contributed by atoms with Crippen molar-refractivity contribution in [3.8, 4) is 0 Å². The molecule has 1 N–H and O–H groups in total. The van der Waals surface area contributed by atoms with Crippen LogP contribution in [0.2, 0.25) is 0 Å². The van der Waals surface area contributed by atoms with E-state index in [9.17, 15) is 9.59 Å². The van der Waals surface area contributed by atoms with Crippen molar-refractivity contribution in [2.75, 3.05) is 5.32 Å². The van der Waals surface area contributed by atoms with Crippen molar-refractivity contribution in [3.05, 3.63) is 29.8 Å². The monoisotopic (exact) mass is 175 g/mol. The van der Waals surface area contributed by atoms with E-state index in [0.29, 0.717) is 12.7 Å². The van der Waals surface area contributed by atoms with Crippen molar-refractivity contribution in [2.24, 2.45) is 0 Å². The maximum Gasteiger partial charge on any atom is 0.217 e. The molecule has 3 heteroatoms. The van der Waals surface area contributed by atoms with E-state index in [0.717, 1.165) is 11.3 Å². The number of benzene rings is 1. The van der Waals surface area contributed by atoms with Gasteiger partial charge in [0.15, 0.2) is 6.29 Å². The lowest BCUT2D eigenvalue weighted by Crippen LogP contribution is -2.27. The average molecular weight is 175 g/mol. The maximum absolute atomic E-state index is 11.1. The van der Waals surface area contributed by atoms with Gasteiger partial charge in [0.05, 0.1) is 6.04 Å². The van der Waals surface area contributed by atoms with Crippen LogP contribution in [0.5, 0.6) is 0 Å². The molecule has 0 radical (unpaired) electrons. The molecule has 1 aromatic carbocycles. The fourth-order valence-electron chi connectivity index (χ4n) is 1.55. The second-order valence-corrected chi connectivity index (χ2v) is 3.08. The number of para-hydroxylation sites is 1. The van der Waals surface area contributed by atoms with Crippen LogP contribution in [0.1, 0.15) is 5.56 Å². The quantitative estimate of drug-likeness (QED) is 0.534. The molecule has 1 heterocycles. The van der Waals surface area contributed by atoms with E-state index in [1.165, 1.54) is 0 Å². The van der Waals surface area contributed by atoms with Gasteiger partial charge in [-0.3, -0.25) is 9.59 Å². The Hall–Kier alpha value is -1.64. The van der Waals surface area contributed by atoms with Gasteiger partial charge >= 0.3 is 0 Å². The van der Waals surface area contributed by atoms with Gasteiger partial charge in [0.1, 0.15) is 0 Å². The average Bonchev–Trinajstić information content (AvgIpc) is 2.59. The summed E-state index contributed by atoms with van der Waals surface area (Å²) in [6.45, 7) is 0. The first kappa shape index (κ1) is 7.98. The molecule has 2 rings (SSSR count). The summed E-state index contributed by atoms with van der Waals surface area (Å²) in [6, 6.07) is 7.34. The number of Topliss-reactive ketones (excluding diaryl/α,β-unsaturated/α-hetero) is 1. The van der Waals surface area contributed by atoms with Crippen molar-refractivity contribution in [1.82, 2.24) is 0 Å². The van der Waals surface area contributed by atoms with Crippen molar-refractivity contribution < 1.29 is 9.59 Å². The number of carbonyl (C=O) groups excluding carboxylic acids is 2. The highest BCUT2D eigenvalue weighted by Gasteiger charge is 2.25. The van der Waals surface area contributed by atoms with Gasteiger partial charge in [-0.2, -0.15) is 0 Å². The van der Waals surface area contributed by atoms with E-state index in [1.54, 1.807) is 0 Å². The van der Waals surface area contributed by atoms with Gasteiger partial charge in [0.2, 0.25) is 5.78 Å². The van der Waals surface area contributed by atoms with Crippen molar-refractivity contribution in [2.45, 2.75) is 12.5 Å². The van der Waals surface area contributed by atoms with Gasteiger partial charge in [-0.1, -0.05) is 18.2 Å². The summed E-state index contributed by atoms with van der Waals surface area (Å²) < 4.78 is 0. The maximum atomic E-state index is 11.1. The molecule has 0 fully saturated rings. The number of ketones is 1. The lowest BCUT2D eigenvalue weighted by atomic mass is 10.1. The first-order valence-electron chi connectivity index (χ1n) is 4.15. The zero-order chi connectivity index (χ0) is 9.26. The van der Waals surface area contributed by atoms with Gasteiger partial charge in [0, 0.05) is 12.1 Å². The molecule has 0 bridgehead atoms. The minimum Gasteiger partial charge on any atom is -0.374 e. The molecule has 1 aliphatic rings. The minimum absolute atomic E-state index is 0.352. The Labute approximate surface area is 75.8 Å². The van der Waals surface area contributed by atoms with Crippen LogP contribution in [-0.4, -0.2) is 18.1 Å². The fourth-order valence-corrected chi connectivity index (χ4v) is 1.55. The molecule has 3 nitrogen and oxygen atoms in total. The summed E-state index contributed by atoms with van der Waals surface area (Å²) in [6.07, 6.45) is 0.997. The van der Waals surface area contributed by atoms with Crippen LogP contribution in [0.3, 0.4) is 0 Å². The molecule has 66 valence electrons. The van der Waals surface area contributed by atoms with Gasteiger partial charge in [-0.25, -0.2) is 0 Å². The molecule has 0 aromatic heterocycles. The van der Waals surface area contributed by atoms with Crippen LogP contribution >= 0.6 is 0 Å². The molecule has 1 atom stereocenters. The Balaban J connectivity index is 2.23. The standard InChI is InChI=1S/C10H9NO2/c12-6-10(13)9-5-7-3-1-2-4-8(7)11-9/h1-4,6,9,11H,5H2. The zero-order valence-corrected chi connectivity index (χ0v) is 6.99. The van der Waals surface area contributed by atoms with Crippen molar-refractivity contribution in [3.63, 3.8) is 0 Å². The van der Waals surface area contributed by atoms with Crippen molar-refractivity contribution in [1.29, 1.82) is 0 Å². The summed E-state index contributed by atoms with van der Waals surface area (Å²) in [5.74, 6) is -0.379. The number of hydrogen-bond donors (Lipinski definition) is 1. The number of anilines is 1. The Kier molecular flexibility index (Phi) is 1.85. The van der Waals surface area contributed by atoms with Crippen molar-refractivity contribution >= 4 is 17.8 Å². The van der Waals surface area contributed by atoms with Crippen LogP contribution < -0.4 is 5.32 Å². The van der Waals surface area contributed by atoms with Crippen LogP contribution in [-0.2, 0) is 16.0 Å². The Morgan fingerprint density at radius 1 is 1.46 bits per heavy atom. The van der Waals surface area contributed by atoms with Gasteiger partial charge < -0.3 is 5.32 Å². The predicted octanol–water partition coefficient (Wildman–Crippen LogP) is 0.791. The number of fused-ring (bicyclic) bond motifs is 1. The Bertz CT molecular complexity index is 335. The van der Waals surface area contributed by atoms with E-state index in [1.807, 2.05) is 24.3 Å². The zero-order valence-electron chi connectivity index (χ0n) is 6.99. The second-order valence-electron chi connectivity index (χ2n) is 3.08. The highest BCUT2D eigenvalue weighted by molar-refractivity contribution is 6.28. The van der Waals surface area contributed by atoms with Gasteiger partial charge in [-0.05, 0) is 11.6 Å². The molecular formula is C10H9NO2. The normalized spacial score (nSPS) is 18.9. The Morgan fingerprint density at radius 3 is 2.92 bits per heavy atom. The van der Waals surface area contributed by atoms with Gasteiger partial charge in [0.25, 0.3) is 0 Å². The molecule has 1 unspecified atom stereocenters. The molecule has 0 amide bonds. The summed E-state index contributed by atoms with van der Waals surface area (Å²) in [5.41, 5.74) is 2.06. The summed E-state index contributed by atoms with van der Waals surface area (Å²) in [5, 5.41) is 3.00. The third-order valence-corrected chi connectivity index (χ3v) is 2.23. The summed E-state index contributed by atoms with van der Waals surface area (Å²) >= 11 is 0. The highest BCUT2D eigenvalue weighted by Crippen LogP contribution is 2.24. The smallest absolute Gasteiger partial charge is 0.217 e. The van der Waals surface area contributed by atoms with E-state index < -0.39 is 0 Å². The molecule has 0 spiro atoms. The third-order valence-electron chi connectivity index (χ3n) is 2.23. The van der Waals surface area contributed by atoms with E-state index in [2.05, 4.69) is 5.32 Å². The lowest BCUT2D eigenvalue weighted by molar-refractivity contribution is -0.130. The molecule has 13 heavy (non-hydrogen) atoms. The van der Waals surface area contributed by atoms with E-state index in [4.69, 9.17) is 0 Å². The first-order valence-corrected chi connectivity index (χ1v) is 4.15. The number of nitrogens with one attached hydrogen (secondary N) is 1. The largest absolute Gasteiger partial charge is 0.374 e. The number of rotatable bonds is 2. The van der Waals surface area contributed by atoms with E-state index in [-0.39, 0.29) is 11.8 Å². The number of carbonyl (C=O) groups is 2. The molecule has 0 saturated carbocycles. The fraction of sp³-hybridized carbons (Fsp3) is 0.200. The molecule has 0 aliphatic carbocycles. The predicted molar refractivity (Wildman–Crippen MR) is 48.6 cm³/mol. The lowest BCUT2D eigenvalue weighted by Gasteiger charge is -2.03. The first-order chi connectivity index (χ1) is 6.31. The highest BCUT2D eigenvalue weighted by atomic mass is 16.2. The SMILES string of the molecule is O=CC(=O)C1Cc2ccccc2N1. The topological polar surface area (TPSA) is 46.2 Å². The number of hydrogen-bond acceptors (Lipinski definition) is 3. The van der Waals surface area contributed by atoms with Crippen LogP contribution in [0.25, 0.3) is 0 Å². The third kappa shape index (κ3) is 1.33. The minimum atomic E-state index is -0.379. The Morgan fingerprint density at radius 2 is 2.23 bits per heavy atom. The van der Waals surface area contributed by atoms with Crippen LogP contribution in [0.15, 0.2) is 24.3 Å². The summed E-state index contributed by atoms with van der Waals surface area (Å²) in [7, 11) is 0. The second kappa shape index (κ2) is 3.01. The molecule has 1 aliphatic heterocycles. The van der Waals surface area contributed by atoms with E-state index >= 15 is 0 Å². The van der Waals surface area contributed by atoms with Crippen LogP contribution in [0, 0.1) is 0 Å². The number of aldehydes is 1. The molecule has 0 saturated heterocycles. The molecule has 1 aromatic rings. The van der Waals surface area contributed by atoms with Crippen LogP contribution in [0.4, 0.5) is 5.69 Å². The summed E-state index contributed by atoms with van der Waals surface area (Å²) in [4.78, 5) is 21.3. The molecular weight excluding hydrogens is 166 g/mol.